The predicted molar refractivity (Wildman–Crippen MR) is 54.7 cm³/mol. The van der Waals surface area contributed by atoms with Crippen LogP contribution in [0.4, 0.5) is 0 Å². The Labute approximate surface area is 80.1 Å². The fraction of sp³-hybridized carbons (Fsp3) is 0.700. The van der Waals surface area contributed by atoms with Crippen LogP contribution in [-0.2, 0) is 6.54 Å². The van der Waals surface area contributed by atoms with Gasteiger partial charge >= 0.3 is 0 Å². The Morgan fingerprint density at radius 3 is 2.62 bits per heavy atom. The third kappa shape index (κ3) is 3.59. The molecule has 0 aliphatic rings. The molecule has 1 N–H and O–H groups in total. The van der Waals surface area contributed by atoms with Gasteiger partial charge in [0.25, 0.3) is 0 Å². The first-order valence-electron chi connectivity index (χ1n) is 4.72. The Kier molecular flexibility index (Phi) is 3.09. The molecular weight excluding hydrogens is 162 g/mol. The molecule has 0 radical (unpaired) electrons. The Morgan fingerprint density at radius 1 is 1.46 bits per heavy atom. The van der Waals surface area contributed by atoms with Gasteiger partial charge in [-0.25, -0.2) is 0 Å². The third-order valence-corrected chi connectivity index (χ3v) is 1.91. The molecular formula is C10H19N3. The maximum atomic E-state index is 4.21. The van der Waals surface area contributed by atoms with Crippen molar-refractivity contribution < 1.29 is 0 Å². The van der Waals surface area contributed by atoms with Crippen LogP contribution < -0.4 is 5.32 Å². The van der Waals surface area contributed by atoms with Crippen molar-refractivity contribution in [3.63, 3.8) is 0 Å². The van der Waals surface area contributed by atoms with E-state index in [9.17, 15) is 0 Å². The van der Waals surface area contributed by atoms with Gasteiger partial charge in [-0.05, 0) is 33.8 Å². The normalized spacial score (nSPS) is 12.0. The summed E-state index contributed by atoms with van der Waals surface area (Å²) in [6.07, 6.45) is 1.84. The Morgan fingerprint density at radius 2 is 2.15 bits per heavy atom. The number of hydrogen-bond donors (Lipinski definition) is 1. The van der Waals surface area contributed by atoms with Gasteiger partial charge in [-0.1, -0.05) is 0 Å². The van der Waals surface area contributed by atoms with Crippen LogP contribution in [0, 0.1) is 6.92 Å². The molecule has 1 rings (SSSR count). The number of aromatic nitrogens is 2. The van der Waals surface area contributed by atoms with Crippen molar-refractivity contribution >= 4 is 0 Å². The zero-order valence-electron chi connectivity index (χ0n) is 8.96. The molecule has 0 aliphatic heterocycles. The lowest BCUT2D eigenvalue weighted by molar-refractivity contribution is 0.403. The summed E-state index contributed by atoms with van der Waals surface area (Å²) in [4.78, 5) is 0. The highest BCUT2D eigenvalue weighted by Gasteiger charge is 2.07. The van der Waals surface area contributed by atoms with Crippen LogP contribution in [0.2, 0.25) is 0 Å². The minimum atomic E-state index is 0.195. The van der Waals surface area contributed by atoms with Gasteiger partial charge in [0.2, 0.25) is 0 Å². The van der Waals surface area contributed by atoms with Crippen LogP contribution in [0.3, 0.4) is 0 Å². The summed E-state index contributed by atoms with van der Waals surface area (Å²) in [6, 6.07) is 2.02. The molecule has 0 saturated carbocycles. The quantitative estimate of drug-likeness (QED) is 0.767. The number of hydrogen-bond acceptors (Lipinski definition) is 2. The van der Waals surface area contributed by atoms with Crippen LogP contribution in [0.5, 0.6) is 0 Å². The molecule has 3 nitrogen and oxygen atoms in total. The Balaban J connectivity index is 2.32. The molecule has 1 heterocycles. The summed E-state index contributed by atoms with van der Waals surface area (Å²) >= 11 is 0. The molecule has 0 saturated heterocycles. The van der Waals surface area contributed by atoms with Gasteiger partial charge in [0.1, 0.15) is 0 Å². The number of aryl methyl sites for hydroxylation is 1. The van der Waals surface area contributed by atoms with Gasteiger partial charge in [0.15, 0.2) is 0 Å². The summed E-state index contributed by atoms with van der Waals surface area (Å²) in [5, 5.41) is 7.64. The lowest BCUT2D eigenvalue weighted by Crippen LogP contribution is -2.38. The fourth-order valence-corrected chi connectivity index (χ4v) is 1.17. The summed E-state index contributed by atoms with van der Waals surface area (Å²) in [6.45, 7) is 10.5. The first kappa shape index (κ1) is 10.3. The molecule has 0 unspecified atom stereocenters. The van der Waals surface area contributed by atoms with Gasteiger partial charge in [0.05, 0.1) is 6.54 Å². The molecule has 3 heteroatoms. The maximum absolute atomic E-state index is 4.21. The van der Waals surface area contributed by atoms with Gasteiger partial charge < -0.3 is 5.32 Å². The van der Waals surface area contributed by atoms with Gasteiger partial charge in [-0.3, -0.25) is 4.68 Å². The van der Waals surface area contributed by atoms with E-state index in [1.165, 1.54) is 5.69 Å². The van der Waals surface area contributed by atoms with Crippen LogP contribution in [-0.4, -0.2) is 21.9 Å². The second-order valence-electron chi connectivity index (χ2n) is 4.37. The van der Waals surface area contributed by atoms with E-state index in [0.717, 1.165) is 13.1 Å². The van der Waals surface area contributed by atoms with E-state index in [4.69, 9.17) is 0 Å². The molecule has 0 bridgehead atoms. The third-order valence-electron chi connectivity index (χ3n) is 1.91. The molecule has 13 heavy (non-hydrogen) atoms. The average Bonchev–Trinajstić information content (AvgIpc) is 2.34. The van der Waals surface area contributed by atoms with E-state index in [1.54, 1.807) is 0 Å². The summed E-state index contributed by atoms with van der Waals surface area (Å²) in [7, 11) is 0. The van der Waals surface area contributed by atoms with E-state index in [-0.39, 0.29) is 5.54 Å². The van der Waals surface area contributed by atoms with Crippen LogP contribution in [0.25, 0.3) is 0 Å². The minimum Gasteiger partial charge on any atom is -0.310 e. The van der Waals surface area contributed by atoms with Crippen LogP contribution in [0.15, 0.2) is 12.3 Å². The largest absolute Gasteiger partial charge is 0.310 e. The summed E-state index contributed by atoms with van der Waals surface area (Å²) in [5.41, 5.74) is 1.41. The van der Waals surface area contributed by atoms with E-state index >= 15 is 0 Å². The molecule has 0 spiro atoms. The van der Waals surface area contributed by atoms with Gasteiger partial charge in [0, 0.05) is 24.0 Å². The number of nitrogens with one attached hydrogen (secondary N) is 1. The summed E-state index contributed by atoms with van der Waals surface area (Å²) < 4.78 is 2.01. The molecule has 0 atom stereocenters. The molecule has 0 fully saturated rings. The van der Waals surface area contributed by atoms with Crippen molar-refractivity contribution in [1.29, 1.82) is 0 Å². The smallest absolute Gasteiger partial charge is 0.0537 e. The lowest BCUT2D eigenvalue weighted by atomic mass is 10.1. The van der Waals surface area contributed by atoms with Crippen molar-refractivity contribution in [1.82, 2.24) is 15.1 Å². The van der Waals surface area contributed by atoms with Gasteiger partial charge in [-0.15, -0.1) is 0 Å². The molecule has 74 valence electrons. The zero-order valence-corrected chi connectivity index (χ0v) is 8.96. The SMILES string of the molecule is Cc1ccnn1CCNC(C)(C)C. The maximum Gasteiger partial charge on any atom is 0.0537 e. The molecule has 0 aliphatic carbocycles. The number of nitrogens with zero attached hydrogens (tertiary/aromatic N) is 2. The molecule has 0 aromatic carbocycles. The highest BCUT2D eigenvalue weighted by molar-refractivity contribution is 4.96. The summed E-state index contributed by atoms with van der Waals surface area (Å²) in [5.74, 6) is 0. The van der Waals surface area contributed by atoms with Crippen molar-refractivity contribution in [2.24, 2.45) is 0 Å². The first-order chi connectivity index (χ1) is 5.99. The van der Waals surface area contributed by atoms with Crippen LogP contribution >= 0.6 is 0 Å². The highest BCUT2D eigenvalue weighted by Crippen LogP contribution is 1.99. The monoisotopic (exact) mass is 181 g/mol. The van der Waals surface area contributed by atoms with E-state index in [2.05, 4.69) is 38.1 Å². The minimum absolute atomic E-state index is 0.195. The van der Waals surface area contributed by atoms with E-state index < -0.39 is 0 Å². The average molecular weight is 181 g/mol. The van der Waals surface area contributed by atoms with Crippen molar-refractivity contribution in [2.75, 3.05) is 6.54 Å². The molecule has 0 amide bonds. The number of rotatable bonds is 3. The topological polar surface area (TPSA) is 29.9 Å². The predicted octanol–water partition coefficient (Wildman–Crippen LogP) is 1.58. The van der Waals surface area contributed by atoms with Gasteiger partial charge in [-0.2, -0.15) is 5.10 Å². The first-order valence-corrected chi connectivity index (χ1v) is 4.72. The second kappa shape index (κ2) is 3.92. The van der Waals surface area contributed by atoms with E-state index in [0.29, 0.717) is 0 Å². The van der Waals surface area contributed by atoms with Crippen LogP contribution in [0.1, 0.15) is 26.5 Å². The highest BCUT2D eigenvalue weighted by atomic mass is 15.3. The molecule has 1 aromatic rings. The zero-order chi connectivity index (χ0) is 9.90. The Bertz CT molecular complexity index is 257. The van der Waals surface area contributed by atoms with Crippen molar-refractivity contribution in [3.05, 3.63) is 18.0 Å². The van der Waals surface area contributed by atoms with E-state index in [1.807, 2.05) is 16.9 Å². The molecule has 1 aromatic heterocycles. The van der Waals surface area contributed by atoms with Crippen molar-refractivity contribution in [3.8, 4) is 0 Å². The van der Waals surface area contributed by atoms with Crippen molar-refractivity contribution in [2.45, 2.75) is 39.8 Å². The standard InChI is InChI=1S/C10H19N3/c1-9-5-6-12-13(9)8-7-11-10(2,3)4/h5-6,11H,7-8H2,1-4H3. The fourth-order valence-electron chi connectivity index (χ4n) is 1.17. The second-order valence-corrected chi connectivity index (χ2v) is 4.37. The Hall–Kier alpha value is -0.830. The lowest BCUT2D eigenvalue weighted by Gasteiger charge is -2.20.